The molecule has 1 aromatic heterocycles. The van der Waals surface area contributed by atoms with Crippen molar-refractivity contribution in [2.75, 3.05) is 0 Å². The van der Waals surface area contributed by atoms with E-state index in [4.69, 9.17) is 4.98 Å². The van der Waals surface area contributed by atoms with E-state index >= 15 is 0 Å². The van der Waals surface area contributed by atoms with Gasteiger partial charge in [-0.2, -0.15) is 0 Å². The van der Waals surface area contributed by atoms with Crippen molar-refractivity contribution < 1.29 is 0 Å². The predicted molar refractivity (Wildman–Crippen MR) is 76.7 cm³/mol. The molecule has 1 nitrogen and oxygen atoms in total. The minimum absolute atomic E-state index is 1.07. The summed E-state index contributed by atoms with van der Waals surface area (Å²) in [6, 6.07) is 19.1. The van der Waals surface area contributed by atoms with Crippen LogP contribution in [0.25, 0.3) is 22.0 Å². The molecule has 0 unspecified atom stereocenters. The van der Waals surface area contributed by atoms with Crippen LogP contribution in [0, 0.1) is 13.8 Å². The second-order valence-corrected chi connectivity index (χ2v) is 4.68. The molecule has 0 bridgehead atoms. The Morgan fingerprint density at radius 3 is 2.39 bits per heavy atom. The molecule has 2 aromatic carbocycles. The van der Waals surface area contributed by atoms with Crippen molar-refractivity contribution in [1.82, 2.24) is 4.98 Å². The lowest BCUT2D eigenvalue weighted by Crippen LogP contribution is -1.90. The fourth-order valence-corrected chi connectivity index (χ4v) is 2.30. The van der Waals surface area contributed by atoms with E-state index in [2.05, 4.69) is 62.4 Å². The summed E-state index contributed by atoms with van der Waals surface area (Å²) in [4.78, 5) is 4.69. The van der Waals surface area contributed by atoms with E-state index in [1.165, 1.54) is 22.1 Å². The van der Waals surface area contributed by atoms with Crippen LogP contribution in [-0.4, -0.2) is 4.98 Å². The molecule has 0 atom stereocenters. The van der Waals surface area contributed by atoms with Gasteiger partial charge in [-0.25, -0.2) is 0 Å². The topological polar surface area (TPSA) is 12.9 Å². The minimum Gasteiger partial charge on any atom is -0.252 e. The molecule has 0 saturated carbocycles. The number of aromatic nitrogens is 1. The largest absolute Gasteiger partial charge is 0.252 e. The van der Waals surface area contributed by atoms with Crippen molar-refractivity contribution in [2.45, 2.75) is 13.8 Å². The van der Waals surface area contributed by atoms with Gasteiger partial charge < -0.3 is 0 Å². The first-order chi connectivity index (χ1) is 8.74. The molecule has 0 aliphatic carbocycles. The molecule has 0 fully saturated rings. The van der Waals surface area contributed by atoms with E-state index in [9.17, 15) is 0 Å². The van der Waals surface area contributed by atoms with Gasteiger partial charge in [-0.1, -0.05) is 42.0 Å². The van der Waals surface area contributed by atoms with Gasteiger partial charge in [0.1, 0.15) is 0 Å². The fourth-order valence-electron chi connectivity index (χ4n) is 2.30. The third-order valence-corrected chi connectivity index (χ3v) is 3.25. The zero-order valence-electron chi connectivity index (χ0n) is 10.6. The van der Waals surface area contributed by atoms with Crippen molar-refractivity contribution in [3.63, 3.8) is 0 Å². The van der Waals surface area contributed by atoms with Gasteiger partial charge in [0.25, 0.3) is 0 Å². The molecule has 88 valence electrons. The summed E-state index contributed by atoms with van der Waals surface area (Å²) in [6.45, 7) is 4.18. The number of pyridine rings is 1. The van der Waals surface area contributed by atoms with Gasteiger partial charge >= 0.3 is 0 Å². The lowest BCUT2D eigenvalue weighted by atomic mass is 10.0. The van der Waals surface area contributed by atoms with Crippen LogP contribution in [0.1, 0.15) is 11.3 Å². The number of hydrogen-bond donors (Lipinski definition) is 0. The summed E-state index contributed by atoms with van der Waals surface area (Å²) >= 11 is 0. The Bertz CT molecular complexity index is 699. The van der Waals surface area contributed by atoms with E-state index in [1.54, 1.807) is 0 Å². The maximum absolute atomic E-state index is 4.69. The molecule has 0 spiro atoms. The molecule has 0 aliphatic rings. The Morgan fingerprint density at radius 2 is 1.61 bits per heavy atom. The third-order valence-electron chi connectivity index (χ3n) is 3.25. The molecular formula is C17H15N. The monoisotopic (exact) mass is 233 g/mol. The highest BCUT2D eigenvalue weighted by molar-refractivity contribution is 5.85. The van der Waals surface area contributed by atoms with Crippen LogP contribution in [-0.2, 0) is 0 Å². The van der Waals surface area contributed by atoms with Gasteiger partial charge in [0.2, 0.25) is 0 Å². The predicted octanol–water partition coefficient (Wildman–Crippen LogP) is 4.52. The summed E-state index contributed by atoms with van der Waals surface area (Å²) in [6.07, 6.45) is 0. The highest BCUT2D eigenvalue weighted by Crippen LogP contribution is 2.26. The fraction of sp³-hybridized carbons (Fsp3) is 0.118. The van der Waals surface area contributed by atoms with Crippen LogP contribution in [0.4, 0.5) is 0 Å². The highest BCUT2D eigenvalue weighted by atomic mass is 14.7. The third kappa shape index (κ3) is 1.88. The number of aryl methyl sites for hydroxylation is 2. The van der Waals surface area contributed by atoms with Crippen molar-refractivity contribution in [3.05, 3.63) is 65.9 Å². The molecule has 0 N–H and O–H groups in total. The maximum Gasteiger partial charge on any atom is 0.0705 e. The van der Waals surface area contributed by atoms with Crippen molar-refractivity contribution in [3.8, 4) is 11.1 Å². The number of hydrogen-bond acceptors (Lipinski definition) is 1. The average Bonchev–Trinajstić information content (AvgIpc) is 2.39. The normalized spacial score (nSPS) is 10.8. The standard InChI is InChI=1S/C17H15N/c1-12-8-9-17-15(10-12)11-16(13(2)18-17)14-6-4-3-5-7-14/h3-11H,1-2H3. The number of benzene rings is 2. The van der Waals surface area contributed by atoms with E-state index < -0.39 is 0 Å². The SMILES string of the molecule is Cc1ccc2nc(C)c(-c3ccccc3)cc2c1. The van der Waals surface area contributed by atoms with Gasteiger partial charge in [0.15, 0.2) is 0 Å². The number of rotatable bonds is 1. The summed E-state index contributed by atoms with van der Waals surface area (Å²) in [5, 5.41) is 1.21. The smallest absolute Gasteiger partial charge is 0.0705 e. The Balaban J connectivity index is 2.27. The maximum atomic E-state index is 4.69. The Labute approximate surface area is 107 Å². The summed E-state index contributed by atoms with van der Waals surface area (Å²) in [5.74, 6) is 0. The molecule has 3 aromatic rings. The van der Waals surface area contributed by atoms with Crippen LogP contribution in [0.2, 0.25) is 0 Å². The summed E-state index contributed by atoms with van der Waals surface area (Å²) in [7, 11) is 0. The second kappa shape index (κ2) is 4.26. The average molecular weight is 233 g/mol. The first kappa shape index (κ1) is 11.0. The Morgan fingerprint density at radius 1 is 0.833 bits per heavy atom. The van der Waals surface area contributed by atoms with E-state index in [-0.39, 0.29) is 0 Å². The second-order valence-electron chi connectivity index (χ2n) is 4.68. The Kier molecular flexibility index (Phi) is 2.60. The summed E-state index contributed by atoms with van der Waals surface area (Å²) in [5.41, 5.74) is 5.86. The van der Waals surface area contributed by atoms with Crippen LogP contribution < -0.4 is 0 Å². The highest BCUT2D eigenvalue weighted by Gasteiger charge is 2.05. The minimum atomic E-state index is 1.07. The van der Waals surface area contributed by atoms with Gasteiger partial charge in [-0.15, -0.1) is 0 Å². The molecule has 1 heteroatoms. The van der Waals surface area contributed by atoms with Gasteiger partial charge in [-0.3, -0.25) is 4.98 Å². The molecule has 0 amide bonds. The van der Waals surface area contributed by atoms with Crippen LogP contribution >= 0.6 is 0 Å². The van der Waals surface area contributed by atoms with Crippen LogP contribution in [0.3, 0.4) is 0 Å². The van der Waals surface area contributed by atoms with Gasteiger partial charge in [0, 0.05) is 16.6 Å². The van der Waals surface area contributed by atoms with E-state index in [1.807, 2.05) is 6.07 Å². The molecule has 1 heterocycles. The quantitative estimate of drug-likeness (QED) is 0.602. The zero-order chi connectivity index (χ0) is 12.5. The van der Waals surface area contributed by atoms with Crippen molar-refractivity contribution >= 4 is 10.9 Å². The van der Waals surface area contributed by atoms with Crippen LogP contribution in [0.5, 0.6) is 0 Å². The lowest BCUT2D eigenvalue weighted by molar-refractivity contribution is 1.25. The van der Waals surface area contributed by atoms with E-state index in [0.29, 0.717) is 0 Å². The first-order valence-corrected chi connectivity index (χ1v) is 6.17. The molecule has 3 rings (SSSR count). The first-order valence-electron chi connectivity index (χ1n) is 6.17. The number of fused-ring (bicyclic) bond motifs is 1. The van der Waals surface area contributed by atoms with E-state index in [0.717, 1.165) is 11.2 Å². The summed E-state index contributed by atoms with van der Waals surface area (Å²) < 4.78 is 0. The van der Waals surface area contributed by atoms with Gasteiger partial charge in [-0.05, 0) is 37.6 Å². The lowest BCUT2D eigenvalue weighted by Gasteiger charge is -2.08. The van der Waals surface area contributed by atoms with Gasteiger partial charge in [0.05, 0.1) is 5.52 Å². The van der Waals surface area contributed by atoms with Crippen molar-refractivity contribution in [1.29, 1.82) is 0 Å². The molecule has 0 aliphatic heterocycles. The van der Waals surface area contributed by atoms with Crippen molar-refractivity contribution in [2.24, 2.45) is 0 Å². The number of nitrogens with zero attached hydrogens (tertiary/aromatic N) is 1. The zero-order valence-corrected chi connectivity index (χ0v) is 10.6. The van der Waals surface area contributed by atoms with Crippen LogP contribution in [0.15, 0.2) is 54.6 Å². The molecule has 0 saturated heterocycles. The molecular weight excluding hydrogens is 218 g/mol. The molecule has 18 heavy (non-hydrogen) atoms. The molecule has 0 radical (unpaired) electrons. The Hall–Kier alpha value is -2.15.